The Labute approximate surface area is 190 Å². The second-order valence-corrected chi connectivity index (χ2v) is 9.55. The van der Waals surface area contributed by atoms with E-state index in [1.54, 1.807) is 24.3 Å². The Morgan fingerprint density at radius 2 is 1.71 bits per heavy atom. The van der Waals surface area contributed by atoms with Crippen molar-refractivity contribution in [2.75, 3.05) is 13.1 Å². The third-order valence-electron chi connectivity index (χ3n) is 6.04. The molecule has 0 aliphatic carbocycles. The molecule has 3 rings (SSSR count). The summed E-state index contributed by atoms with van der Waals surface area (Å²) >= 11 is 6.14. The summed E-state index contributed by atoms with van der Waals surface area (Å²) in [5.74, 6) is -0.580. The van der Waals surface area contributed by atoms with Crippen LogP contribution in [0.15, 0.2) is 48.5 Å². The van der Waals surface area contributed by atoms with Gasteiger partial charge < -0.3 is 10.6 Å². The molecule has 166 valence electrons. The summed E-state index contributed by atoms with van der Waals surface area (Å²) in [7, 11) is 0. The Balaban J connectivity index is 1.62. The summed E-state index contributed by atoms with van der Waals surface area (Å²) in [6.45, 7) is 10.5. The standard InChI is InChI=1S/C25H32ClN3O2/c1-17(2)22(28-23(30)20-11-7-8-12-21(20)26)24(31)27-16-25(3,4)29-14-13-18-9-5-6-10-19(18)15-29/h5-12,17,22H,13-16H2,1-4H3,(H,27,31)(H,28,30). The van der Waals surface area contributed by atoms with Gasteiger partial charge in [0.05, 0.1) is 10.6 Å². The fourth-order valence-corrected chi connectivity index (χ4v) is 4.16. The van der Waals surface area contributed by atoms with Crippen molar-refractivity contribution in [3.63, 3.8) is 0 Å². The molecule has 0 spiro atoms. The minimum absolute atomic E-state index is 0.0589. The van der Waals surface area contributed by atoms with E-state index < -0.39 is 6.04 Å². The van der Waals surface area contributed by atoms with E-state index in [1.807, 2.05) is 13.8 Å². The van der Waals surface area contributed by atoms with Gasteiger partial charge in [0.15, 0.2) is 0 Å². The van der Waals surface area contributed by atoms with E-state index in [1.165, 1.54) is 11.1 Å². The van der Waals surface area contributed by atoms with Crippen LogP contribution < -0.4 is 10.6 Å². The molecule has 0 saturated carbocycles. The molecule has 1 aliphatic rings. The van der Waals surface area contributed by atoms with E-state index in [0.29, 0.717) is 17.1 Å². The van der Waals surface area contributed by atoms with Crippen LogP contribution in [0, 0.1) is 5.92 Å². The van der Waals surface area contributed by atoms with Gasteiger partial charge in [0, 0.05) is 25.2 Å². The fourth-order valence-electron chi connectivity index (χ4n) is 3.94. The van der Waals surface area contributed by atoms with Gasteiger partial charge in [-0.15, -0.1) is 0 Å². The highest BCUT2D eigenvalue weighted by molar-refractivity contribution is 6.33. The molecule has 2 N–H and O–H groups in total. The number of carbonyl (C=O) groups is 2. The summed E-state index contributed by atoms with van der Waals surface area (Å²) in [6.07, 6.45) is 1.01. The summed E-state index contributed by atoms with van der Waals surface area (Å²) < 4.78 is 0. The number of hydrogen-bond acceptors (Lipinski definition) is 3. The van der Waals surface area contributed by atoms with Crippen LogP contribution in [0.4, 0.5) is 0 Å². The molecule has 5 nitrogen and oxygen atoms in total. The van der Waals surface area contributed by atoms with Crippen molar-refractivity contribution >= 4 is 23.4 Å². The number of nitrogens with one attached hydrogen (secondary N) is 2. The predicted octanol–water partition coefficient (Wildman–Crippen LogP) is 4.05. The van der Waals surface area contributed by atoms with Crippen LogP contribution in [0.5, 0.6) is 0 Å². The second kappa shape index (κ2) is 9.84. The van der Waals surface area contributed by atoms with Gasteiger partial charge in [-0.3, -0.25) is 14.5 Å². The van der Waals surface area contributed by atoms with E-state index in [2.05, 4.69) is 53.6 Å². The molecule has 1 atom stereocenters. The quantitative estimate of drug-likeness (QED) is 0.681. The average molecular weight is 442 g/mol. The van der Waals surface area contributed by atoms with Gasteiger partial charge in [-0.25, -0.2) is 0 Å². The summed E-state index contributed by atoms with van der Waals surface area (Å²) in [5.41, 5.74) is 2.91. The fraction of sp³-hybridized carbons (Fsp3) is 0.440. The van der Waals surface area contributed by atoms with Gasteiger partial charge in [0.1, 0.15) is 6.04 Å². The monoisotopic (exact) mass is 441 g/mol. The highest BCUT2D eigenvalue weighted by Gasteiger charge is 2.32. The third-order valence-corrected chi connectivity index (χ3v) is 6.37. The maximum atomic E-state index is 13.0. The van der Waals surface area contributed by atoms with Gasteiger partial charge in [-0.1, -0.05) is 61.8 Å². The van der Waals surface area contributed by atoms with Gasteiger partial charge in [0.2, 0.25) is 5.91 Å². The van der Waals surface area contributed by atoms with E-state index >= 15 is 0 Å². The van der Waals surface area contributed by atoms with Gasteiger partial charge in [-0.05, 0) is 49.4 Å². The topological polar surface area (TPSA) is 61.4 Å². The van der Waals surface area contributed by atoms with Crippen molar-refractivity contribution < 1.29 is 9.59 Å². The maximum Gasteiger partial charge on any atom is 0.253 e. The second-order valence-electron chi connectivity index (χ2n) is 9.15. The molecule has 2 aromatic carbocycles. The molecule has 1 aliphatic heterocycles. The zero-order valence-corrected chi connectivity index (χ0v) is 19.5. The van der Waals surface area contributed by atoms with Gasteiger partial charge >= 0.3 is 0 Å². The Bertz CT molecular complexity index is 942. The number of carbonyl (C=O) groups excluding carboxylic acids is 2. The van der Waals surface area contributed by atoms with Crippen LogP contribution in [0.1, 0.15) is 49.2 Å². The van der Waals surface area contributed by atoms with E-state index in [-0.39, 0.29) is 23.3 Å². The summed E-state index contributed by atoms with van der Waals surface area (Å²) in [4.78, 5) is 28.1. The molecule has 2 aromatic rings. The first kappa shape index (κ1) is 23.3. The minimum Gasteiger partial charge on any atom is -0.352 e. The lowest BCUT2D eigenvalue weighted by atomic mass is 9.93. The van der Waals surface area contributed by atoms with Crippen molar-refractivity contribution in [3.8, 4) is 0 Å². The number of fused-ring (bicyclic) bond motifs is 1. The van der Waals surface area contributed by atoms with Gasteiger partial charge in [-0.2, -0.15) is 0 Å². The third kappa shape index (κ3) is 5.66. The number of benzene rings is 2. The van der Waals surface area contributed by atoms with Crippen LogP contribution in [0.25, 0.3) is 0 Å². The highest BCUT2D eigenvalue weighted by atomic mass is 35.5. The van der Waals surface area contributed by atoms with E-state index in [4.69, 9.17) is 11.6 Å². The summed E-state index contributed by atoms with van der Waals surface area (Å²) in [6, 6.07) is 14.7. The van der Waals surface area contributed by atoms with Crippen molar-refractivity contribution in [3.05, 3.63) is 70.2 Å². The van der Waals surface area contributed by atoms with Crippen molar-refractivity contribution in [2.45, 2.75) is 52.2 Å². The first-order chi connectivity index (χ1) is 14.7. The largest absolute Gasteiger partial charge is 0.352 e. The van der Waals surface area contributed by atoms with Crippen molar-refractivity contribution in [1.29, 1.82) is 0 Å². The molecule has 0 aromatic heterocycles. The van der Waals surface area contributed by atoms with Crippen molar-refractivity contribution in [2.24, 2.45) is 5.92 Å². The highest BCUT2D eigenvalue weighted by Crippen LogP contribution is 2.25. The van der Waals surface area contributed by atoms with Crippen molar-refractivity contribution in [1.82, 2.24) is 15.5 Å². The number of nitrogens with zero attached hydrogens (tertiary/aromatic N) is 1. The minimum atomic E-state index is -0.637. The van der Waals surface area contributed by atoms with E-state index in [9.17, 15) is 9.59 Å². The first-order valence-electron chi connectivity index (χ1n) is 10.8. The van der Waals surface area contributed by atoms with Crippen LogP contribution in [0.2, 0.25) is 5.02 Å². The molecule has 0 bridgehead atoms. The van der Waals surface area contributed by atoms with Crippen LogP contribution >= 0.6 is 11.6 Å². The lowest BCUT2D eigenvalue weighted by Gasteiger charge is -2.42. The molecular formula is C25H32ClN3O2. The zero-order chi connectivity index (χ0) is 22.6. The Kier molecular flexibility index (Phi) is 7.39. The molecule has 0 saturated heterocycles. The zero-order valence-electron chi connectivity index (χ0n) is 18.7. The molecule has 0 radical (unpaired) electrons. The number of hydrogen-bond donors (Lipinski definition) is 2. The number of rotatable bonds is 7. The normalized spacial score (nSPS) is 15.3. The lowest BCUT2D eigenvalue weighted by molar-refractivity contribution is -0.124. The molecule has 6 heteroatoms. The molecule has 0 fully saturated rings. The summed E-state index contributed by atoms with van der Waals surface area (Å²) in [5, 5.41) is 6.29. The molecule has 2 amide bonds. The molecule has 1 unspecified atom stereocenters. The Hall–Kier alpha value is -2.37. The maximum absolute atomic E-state index is 13.0. The van der Waals surface area contributed by atoms with Gasteiger partial charge in [0.25, 0.3) is 5.91 Å². The Morgan fingerprint density at radius 1 is 1.06 bits per heavy atom. The van der Waals surface area contributed by atoms with Crippen LogP contribution in [-0.2, 0) is 17.8 Å². The van der Waals surface area contributed by atoms with E-state index in [0.717, 1.165) is 19.5 Å². The Morgan fingerprint density at radius 3 is 2.39 bits per heavy atom. The lowest BCUT2D eigenvalue weighted by Crippen LogP contribution is -2.56. The smallest absolute Gasteiger partial charge is 0.253 e. The molecular weight excluding hydrogens is 410 g/mol. The van der Waals surface area contributed by atoms with Crippen LogP contribution in [-0.4, -0.2) is 41.4 Å². The predicted molar refractivity (Wildman–Crippen MR) is 125 cm³/mol. The van der Waals surface area contributed by atoms with Crippen LogP contribution in [0.3, 0.4) is 0 Å². The first-order valence-corrected chi connectivity index (χ1v) is 11.2. The molecule has 1 heterocycles. The SMILES string of the molecule is CC(C)C(NC(=O)c1ccccc1Cl)C(=O)NCC(C)(C)N1CCc2ccccc2C1. The molecule has 31 heavy (non-hydrogen) atoms. The average Bonchev–Trinajstić information content (AvgIpc) is 2.75. The number of amides is 2. The number of halogens is 1.